The molecule has 100 valence electrons. The van der Waals surface area contributed by atoms with E-state index in [4.69, 9.17) is 4.74 Å². The van der Waals surface area contributed by atoms with Gasteiger partial charge in [-0.15, -0.1) is 23.5 Å². The molecular weight excluding hydrogens is 297 g/mol. The summed E-state index contributed by atoms with van der Waals surface area (Å²) in [7, 11) is -3.48. The molecule has 4 unspecified atom stereocenters. The number of hydrogen-bond donors (Lipinski definition) is 0. The minimum absolute atomic E-state index is 0.134. The van der Waals surface area contributed by atoms with Gasteiger partial charge in [0.15, 0.2) is 9.08 Å². The standard InChI is InChI=1S/C10H12FNO3S3/c11-10-7(16-10)1-2-9(8(10)17-9)18(13,14)12-3-5-15-6-4-12/h1-2,7-8H,3-6H2. The van der Waals surface area contributed by atoms with Crippen LogP contribution in [0.15, 0.2) is 12.2 Å². The van der Waals surface area contributed by atoms with E-state index in [1.165, 1.54) is 27.8 Å². The molecule has 18 heavy (non-hydrogen) atoms. The van der Waals surface area contributed by atoms with Crippen LogP contribution in [-0.4, -0.2) is 58.6 Å². The fourth-order valence-corrected chi connectivity index (χ4v) is 8.41. The smallest absolute Gasteiger partial charge is 0.234 e. The number of ether oxygens (including phenoxy) is 1. The summed E-state index contributed by atoms with van der Waals surface area (Å²) in [5, 5.41) is -1.91. The molecule has 4 rings (SSSR count). The minimum atomic E-state index is -3.48. The maximum absolute atomic E-state index is 14.3. The highest BCUT2D eigenvalue weighted by molar-refractivity contribution is 8.23. The second kappa shape index (κ2) is 3.46. The lowest BCUT2D eigenvalue weighted by molar-refractivity contribution is 0.0726. The molecule has 0 N–H and O–H groups in total. The Morgan fingerprint density at radius 1 is 1.33 bits per heavy atom. The summed E-state index contributed by atoms with van der Waals surface area (Å²) in [6.45, 7) is 1.60. The van der Waals surface area contributed by atoms with Crippen molar-refractivity contribution in [3.05, 3.63) is 12.2 Å². The van der Waals surface area contributed by atoms with Crippen LogP contribution in [0.3, 0.4) is 0 Å². The molecule has 0 bridgehead atoms. The quantitative estimate of drug-likeness (QED) is 0.558. The van der Waals surface area contributed by atoms with Gasteiger partial charge >= 0.3 is 0 Å². The Kier molecular flexibility index (Phi) is 2.31. The molecule has 4 atom stereocenters. The van der Waals surface area contributed by atoms with Crippen LogP contribution in [-0.2, 0) is 14.8 Å². The van der Waals surface area contributed by atoms with Gasteiger partial charge in [0.25, 0.3) is 0 Å². The molecule has 8 heteroatoms. The number of alkyl halides is 1. The number of thioether (sulfide) groups is 2. The molecule has 1 aliphatic carbocycles. The molecule has 3 heterocycles. The Labute approximate surface area is 113 Å². The molecule has 4 nitrogen and oxygen atoms in total. The van der Waals surface area contributed by atoms with Crippen LogP contribution in [0.25, 0.3) is 0 Å². The molecule has 0 radical (unpaired) electrons. The number of halogens is 1. The Morgan fingerprint density at radius 3 is 2.78 bits per heavy atom. The van der Waals surface area contributed by atoms with Crippen molar-refractivity contribution in [3.8, 4) is 0 Å². The van der Waals surface area contributed by atoms with Gasteiger partial charge in [0.05, 0.1) is 23.7 Å². The number of rotatable bonds is 2. The second-order valence-corrected chi connectivity index (χ2v) is 9.98. The van der Waals surface area contributed by atoms with Gasteiger partial charge in [-0.25, -0.2) is 12.8 Å². The molecule has 0 aromatic carbocycles. The van der Waals surface area contributed by atoms with Crippen LogP contribution in [0, 0.1) is 0 Å². The highest BCUT2D eigenvalue weighted by atomic mass is 32.3. The Bertz CT molecular complexity index is 532. The molecule has 3 fully saturated rings. The summed E-state index contributed by atoms with van der Waals surface area (Å²) in [6, 6.07) is 0. The average molecular weight is 309 g/mol. The molecule has 0 amide bonds. The molecule has 4 aliphatic rings. The SMILES string of the molecule is O=S(=O)(N1CCOCC1)C12C=CC3SC3(F)C1S2. The Hall–Kier alpha value is 0.240. The summed E-state index contributed by atoms with van der Waals surface area (Å²) in [5.41, 5.74) is 0. The van der Waals surface area contributed by atoms with Crippen molar-refractivity contribution in [2.45, 2.75) is 19.6 Å². The number of sulfonamides is 1. The van der Waals surface area contributed by atoms with E-state index in [0.717, 1.165) is 0 Å². The molecule has 3 aliphatic heterocycles. The van der Waals surface area contributed by atoms with Crippen molar-refractivity contribution in [1.29, 1.82) is 0 Å². The zero-order valence-electron chi connectivity index (χ0n) is 9.41. The van der Waals surface area contributed by atoms with Gasteiger partial charge in [-0.2, -0.15) is 4.31 Å². The fraction of sp³-hybridized carbons (Fsp3) is 0.800. The third-order valence-electron chi connectivity index (χ3n) is 3.82. The molecule has 0 spiro atoms. The summed E-state index contributed by atoms with van der Waals surface area (Å²) in [4.78, 5) is 0. The third kappa shape index (κ3) is 1.33. The fourth-order valence-electron chi connectivity index (χ4n) is 2.67. The maximum Gasteiger partial charge on any atom is 0.234 e. The average Bonchev–Trinajstić information content (AvgIpc) is 3.22. The topological polar surface area (TPSA) is 46.6 Å². The van der Waals surface area contributed by atoms with E-state index in [1.807, 2.05) is 0 Å². The van der Waals surface area contributed by atoms with Gasteiger partial charge in [0.2, 0.25) is 10.0 Å². The lowest BCUT2D eigenvalue weighted by atomic mass is 10.1. The zero-order chi connectivity index (χ0) is 12.6. The second-order valence-electron chi connectivity index (χ2n) is 4.83. The molecule has 3 saturated heterocycles. The summed E-state index contributed by atoms with van der Waals surface area (Å²) >= 11 is 2.47. The van der Waals surface area contributed by atoms with Crippen LogP contribution in [0.2, 0.25) is 0 Å². The third-order valence-corrected chi connectivity index (χ3v) is 10.1. The largest absolute Gasteiger partial charge is 0.379 e. The predicted octanol–water partition coefficient (Wildman–Crippen LogP) is 0.811. The summed E-state index contributed by atoms with van der Waals surface area (Å²) in [6.07, 6.45) is 3.43. The summed E-state index contributed by atoms with van der Waals surface area (Å²) < 4.78 is 45.1. The lowest BCUT2D eigenvalue weighted by Crippen LogP contribution is -2.48. The van der Waals surface area contributed by atoms with Crippen LogP contribution >= 0.6 is 23.5 Å². The normalized spacial score (nSPS) is 50.5. The molecule has 0 aromatic rings. The van der Waals surface area contributed by atoms with Crippen LogP contribution in [0.1, 0.15) is 0 Å². The van der Waals surface area contributed by atoms with E-state index < -0.39 is 24.4 Å². The first-order valence-electron chi connectivity index (χ1n) is 5.82. The van der Waals surface area contributed by atoms with Crippen LogP contribution < -0.4 is 0 Å². The number of morpholine rings is 1. The zero-order valence-corrected chi connectivity index (χ0v) is 11.9. The highest BCUT2D eigenvalue weighted by Gasteiger charge is 2.82. The molecule has 0 saturated carbocycles. The maximum atomic E-state index is 14.3. The van der Waals surface area contributed by atoms with E-state index >= 15 is 0 Å². The van der Waals surface area contributed by atoms with Crippen molar-refractivity contribution in [1.82, 2.24) is 4.31 Å². The van der Waals surface area contributed by atoms with Crippen molar-refractivity contribution in [3.63, 3.8) is 0 Å². The van der Waals surface area contributed by atoms with Gasteiger partial charge in [-0.05, 0) is 0 Å². The van der Waals surface area contributed by atoms with Gasteiger partial charge in [-0.3, -0.25) is 0 Å². The lowest BCUT2D eigenvalue weighted by Gasteiger charge is -2.29. The molecule has 0 aromatic heterocycles. The minimum Gasteiger partial charge on any atom is -0.379 e. The predicted molar refractivity (Wildman–Crippen MR) is 69.8 cm³/mol. The van der Waals surface area contributed by atoms with Crippen LogP contribution in [0.5, 0.6) is 0 Å². The van der Waals surface area contributed by atoms with Gasteiger partial charge in [-0.1, -0.05) is 12.2 Å². The van der Waals surface area contributed by atoms with Crippen molar-refractivity contribution in [2.75, 3.05) is 26.3 Å². The number of nitrogens with zero attached hydrogens (tertiary/aromatic N) is 1. The van der Waals surface area contributed by atoms with E-state index in [9.17, 15) is 12.8 Å². The highest BCUT2D eigenvalue weighted by Crippen LogP contribution is 2.77. The summed E-state index contributed by atoms with van der Waals surface area (Å²) in [5.74, 6) is 0. The monoisotopic (exact) mass is 309 g/mol. The van der Waals surface area contributed by atoms with Gasteiger partial charge in [0.1, 0.15) is 0 Å². The van der Waals surface area contributed by atoms with Gasteiger partial charge in [0, 0.05) is 13.1 Å². The van der Waals surface area contributed by atoms with Crippen molar-refractivity contribution >= 4 is 33.5 Å². The van der Waals surface area contributed by atoms with Gasteiger partial charge < -0.3 is 4.74 Å². The Morgan fingerprint density at radius 2 is 2.06 bits per heavy atom. The van der Waals surface area contributed by atoms with E-state index in [0.29, 0.717) is 26.3 Å². The number of hydrogen-bond acceptors (Lipinski definition) is 5. The number of fused-ring (bicyclic) bond motifs is 3. The van der Waals surface area contributed by atoms with Crippen molar-refractivity contribution in [2.24, 2.45) is 0 Å². The Balaban J connectivity index is 1.68. The van der Waals surface area contributed by atoms with E-state index in [-0.39, 0.29) is 5.25 Å². The van der Waals surface area contributed by atoms with Crippen LogP contribution in [0.4, 0.5) is 4.39 Å². The van der Waals surface area contributed by atoms with E-state index in [2.05, 4.69) is 0 Å². The van der Waals surface area contributed by atoms with Crippen molar-refractivity contribution < 1.29 is 17.5 Å². The molecular formula is C10H12FNO3S3. The van der Waals surface area contributed by atoms with E-state index in [1.54, 1.807) is 12.2 Å². The first kappa shape index (κ1) is 12.0. The first-order valence-corrected chi connectivity index (χ1v) is 9.02. The first-order chi connectivity index (χ1) is 8.51.